The Bertz CT molecular complexity index is 977. The summed E-state index contributed by atoms with van der Waals surface area (Å²) >= 11 is 0. The van der Waals surface area contributed by atoms with Gasteiger partial charge in [-0.2, -0.15) is 0 Å². The van der Waals surface area contributed by atoms with Gasteiger partial charge in [0.1, 0.15) is 11.6 Å². The highest BCUT2D eigenvalue weighted by atomic mass is 19.1. The molecule has 148 valence electrons. The Morgan fingerprint density at radius 2 is 1.62 bits per heavy atom. The number of ether oxygens (including phenoxy) is 1. The van der Waals surface area contributed by atoms with Gasteiger partial charge in [-0.25, -0.2) is 4.39 Å². The predicted octanol–water partition coefficient (Wildman–Crippen LogP) is 4.31. The van der Waals surface area contributed by atoms with Crippen molar-refractivity contribution in [2.45, 2.75) is 12.8 Å². The summed E-state index contributed by atoms with van der Waals surface area (Å²) in [7, 11) is 0. The Balaban J connectivity index is 1.52. The minimum absolute atomic E-state index is 0.289. The molecule has 3 rings (SSSR count). The van der Waals surface area contributed by atoms with Crippen LogP contribution in [-0.2, 0) is 16.0 Å². The lowest BCUT2D eigenvalue weighted by molar-refractivity contribution is -0.136. The van der Waals surface area contributed by atoms with E-state index in [0.717, 1.165) is 12.8 Å². The second-order valence-electron chi connectivity index (χ2n) is 6.35. The molecule has 0 aliphatic rings. The summed E-state index contributed by atoms with van der Waals surface area (Å²) in [6.45, 7) is 0.391. The van der Waals surface area contributed by atoms with E-state index >= 15 is 0 Å². The summed E-state index contributed by atoms with van der Waals surface area (Å²) in [4.78, 5) is 24.3. The number of anilines is 1. The van der Waals surface area contributed by atoms with Crippen molar-refractivity contribution in [3.63, 3.8) is 0 Å². The number of para-hydroxylation sites is 2. The molecular formula is C23H21FN2O3. The molecule has 3 aromatic rings. The van der Waals surface area contributed by atoms with Crippen molar-refractivity contribution in [1.29, 1.82) is 0 Å². The summed E-state index contributed by atoms with van der Waals surface area (Å²) in [5.74, 6) is -1.35. The van der Waals surface area contributed by atoms with Crippen LogP contribution in [0.1, 0.15) is 12.0 Å². The molecule has 0 fully saturated rings. The molecule has 3 aromatic carbocycles. The molecule has 0 unspecified atom stereocenters. The van der Waals surface area contributed by atoms with Crippen molar-refractivity contribution >= 4 is 17.5 Å². The number of hydrogen-bond donors (Lipinski definition) is 2. The number of amides is 2. The summed E-state index contributed by atoms with van der Waals surface area (Å²) in [5, 5.41) is 5.14. The number of hydrogen-bond acceptors (Lipinski definition) is 3. The Kier molecular flexibility index (Phi) is 6.95. The van der Waals surface area contributed by atoms with E-state index in [0.29, 0.717) is 18.0 Å². The van der Waals surface area contributed by atoms with E-state index in [1.165, 1.54) is 23.8 Å². The first-order valence-electron chi connectivity index (χ1n) is 9.27. The smallest absolute Gasteiger partial charge is 0.313 e. The molecule has 0 bridgehead atoms. The number of halogens is 1. The van der Waals surface area contributed by atoms with Crippen molar-refractivity contribution in [3.8, 4) is 11.5 Å². The van der Waals surface area contributed by atoms with Crippen LogP contribution >= 0.6 is 0 Å². The Morgan fingerprint density at radius 3 is 2.41 bits per heavy atom. The van der Waals surface area contributed by atoms with Gasteiger partial charge in [0.2, 0.25) is 0 Å². The number of aryl methyl sites for hydroxylation is 1. The van der Waals surface area contributed by atoms with Gasteiger partial charge >= 0.3 is 11.8 Å². The van der Waals surface area contributed by atoms with E-state index in [1.54, 1.807) is 30.3 Å². The third-order valence-electron chi connectivity index (χ3n) is 4.14. The van der Waals surface area contributed by atoms with Crippen LogP contribution in [0.15, 0.2) is 78.9 Å². The lowest BCUT2D eigenvalue weighted by Crippen LogP contribution is -2.36. The Hall–Kier alpha value is -3.67. The Labute approximate surface area is 168 Å². The van der Waals surface area contributed by atoms with Gasteiger partial charge in [0.15, 0.2) is 5.75 Å². The molecule has 0 spiro atoms. The van der Waals surface area contributed by atoms with Crippen LogP contribution in [0.5, 0.6) is 11.5 Å². The van der Waals surface area contributed by atoms with E-state index in [1.807, 2.05) is 30.3 Å². The van der Waals surface area contributed by atoms with Crippen molar-refractivity contribution in [2.24, 2.45) is 0 Å². The molecule has 0 atom stereocenters. The zero-order valence-corrected chi connectivity index (χ0v) is 15.7. The number of rotatable bonds is 7. The molecular weight excluding hydrogens is 371 g/mol. The molecule has 6 heteroatoms. The molecule has 2 N–H and O–H groups in total. The second kappa shape index (κ2) is 10.0. The third-order valence-corrected chi connectivity index (χ3v) is 4.14. The van der Waals surface area contributed by atoms with Crippen LogP contribution in [0.25, 0.3) is 0 Å². The van der Waals surface area contributed by atoms with Crippen molar-refractivity contribution in [2.75, 3.05) is 11.9 Å². The normalized spacial score (nSPS) is 10.2. The quantitative estimate of drug-likeness (QED) is 0.465. The molecule has 0 heterocycles. The summed E-state index contributed by atoms with van der Waals surface area (Å²) in [5.41, 5.74) is 1.50. The first kappa shape index (κ1) is 20.1. The molecule has 0 radical (unpaired) electrons. The van der Waals surface area contributed by atoms with E-state index in [2.05, 4.69) is 10.6 Å². The molecule has 0 saturated carbocycles. The fourth-order valence-electron chi connectivity index (χ4n) is 2.71. The van der Waals surface area contributed by atoms with Crippen LogP contribution in [0, 0.1) is 5.82 Å². The molecule has 0 aliphatic heterocycles. The van der Waals surface area contributed by atoms with Crippen LogP contribution in [0.3, 0.4) is 0 Å². The summed E-state index contributed by atoms with van der Waals surface area (Å²) in [6, 6.07) is 22.2. The third kappa shape index (κ3) is 6.17. The van der Waals surface area contributed by atoms with Crippen LogP contribution in [0.4, 0.5) is 10.1 Å². The topological polar surface area (TPSA) is 67.4 Å². The van der Waals surface area contributed by atoms with Gasteiger partial charge in [0.25, 0.3) is 0 Å². The average Bonchev–Trinajstić information content (AvgIpc) is 2.73. The maximum absolute atomic E-state index is 13.3. The van der Waals surface area contributed by atoms with E-state index in [4.69, 9.17) is 4.74 Å². The van der Waals surface area contributed by atoms with Gasteiger partial charge in [0.05, 0.1) is 5.69 Å². The molecule has 5 nitrogen and oxygen atoms in total. The molecule has 0 saturated heterocycles. The van der Waals surface area contributed by atoms with Crippen LogP contribution < -0.4 is 15.4 Å². The lowest BCUT2D eigenvalue weighted by atomic mass is 10.1. The largest absolute Gasteiger partial charge is 0.455 e. The van der Waals surface area contributed by atoms with Crippen molar-refractivity contribution < 1.29 is 18.7 Å². The maximum atomic E-state index is 13.3. The SMILES string of the molecule is O=C(NCCCc1ccccc1)C(=O)Nc1ccccc1Oc1cccc(F)c1. The monoisotopic (exact) mass is 392 g/mol. The zero-order chi connectivity index (χ0) is 20.5. The Morgan fingerprint density at radius 1 is 0.862 bits per heavy atom. The number of carbonyl (C=O) groups excluding carboxylic acids is 2. The summed E-state index contributed by atoms with van der Waals surface area (Å²) < 4.78 is 19.0. The number of benzene rings is 3. The number of nitrogens with one attached hydrogen (secondary N) is 2. The predicted molar refractivity (Wildman–Crippen MR) is 109 cm³/mol. The van der Waals surface area contributed by atoms with Crippen LogP contribution in [0.2, 0.25) is 0 Å². The van der Waals surface area contributed by atoms with Crippen molar-refractivity contribution in [3.05, 3.63) is 90.2 Å². The van der Waals surface area contributed by atoms with Gasteiger partial charge in [-0.15, -0.1) is 0 Å². The second-order valence-corrected chi connectivity index (χ2v) is 6.35. The fourth-order valence-corrected chi connectivity index (χ4v) is 2.71. The van der Waals surface area contributed by atoms with Gasteiger partial charge in [-0.1, -0.05) is 48.5 Å². The van der Waals surface area contributed by atoms with E-state index in [9.17, 15) is 14.0 Å². The van der Waals surface area contributed by atoms with Gasteiger partial charge in [-0.3, -0.25) is 9.59 Å². The van der Waals surface area contributed by atoms with E-state index in [-0.39, 0.29) is 5.75 Å². The van der Waals surface area contributed by atoms with Gasteiger partial charge in [0, 0.05) is 12.6 Å². The first-order valence-corrected chi connectivity index (χ1v) is 9.27. The standard InChI is InChI=1S/C23H21FN2O3/c24-18-11-6-12-19(16-18)29-21-14-5-4-13-20(21)26-23(28)22(27)25-15-7-10-17-8-2-1-3-9-17/h1-6,8-9,11-14,16H,7,10,15H2,(H,25,27)(H,26,28). The van der Waals surface area contributed by atoms with Crippen molar-refractivity contribution in [1.82, 2.24) is 5.32 Å². The highest BCUT2D eigenvalue weighted by molar-refractivity contribution is 6.39. The lowest BCUT2D eigenvalue weighted by Gasteiger charge is -2.12. The zero-order valence-electron chi connectivity index (χ0n) is 15.7. The highest BCUT2D eigenvalue weighted by Gasteiger charge is 2.15. The maximum Gasteiger partial charge on any atom is 0.313 e. The summed E-state index contributed by atoms with van der Waals surface area (Å²) in [6.07, 6.45) is 1.54. The van der Waals surface area contributed by atoms with Gasteiger partial charge < -0.3 is 15.4 Å². The molecule has 0 aromatic heterocycles. The molecule has 29 heavy (non-hydrogen) atoms. The average molecular weight is 392 g/mol. The highest BCUT2D eigenvalue weighted by Crippen LogP contribution is 2.29. The minimum atomic E-state index is -0.792. The minimum Gasteiger partial charge on any atom is -0.455 e. The van der Waals surface area contributed by atoms with Crippen LogP contribution in [-0.4, -0.2) is 18.4 Å². The molecule has 0 aliphatic carbocycles. The fraction of sp³-hybridized carbons (Fsp3) is 0.130. The van der Waals surface area contributed by atoms with Gasteiger partial charge in [-0.05, 0) is 42.7 Å². The van der Waals surface area contributed by atoms with E-state index < -0.39 is 17.6 Å². The molecule has 2 amide bonds. The number of carbonyl (C=O) groups is 2. The first-order chi connectivity index (χ1) is 14.1.